The summed E-state index contributed by atoms with van der Waals surface area (Å²) in [5.74, 6) is 0.822. The summed E-state index contributed by atoms with van der Waals surface area (Å²) in [6.07, 6.45) is 3.79. The van der Waals surface area contributed by atoms with Crippen molar-refractivity contribution in [3.05, 3.63) is 11.4 Å². The van der Waals surface area contributed by atoms with Crippen LogP contribution in [0.3, 0.4) is 0 Å². The molecule has 0 unspecified atom stereocenters. The van der Waals surface area contributed by atoms with Crippen molar-refractivity contribution in [2.75, 3.05) is 6.61 Å². The Kier molecular flexibility index (Phi) is 3.99. The van der Waals surface area contributed by atoms with E-state index in [1.807, 2.05) is 25.5 Å². The number of carbonyl (C=O) groups is 1. The van der Waals surface area contributed by atoms with Crippen molar-refractivity contribution in [1.82, 2.24) is 15.0 Å². The number of ether oxygens (including phenoxy) is 1. The van der Waals surface area contributed by atoms with Crippen LogP contribution in [-0.2, 0) is 11.3 Å². The molecule has 0 saturated heterocycles. The number of hydrogen-bond acceptors (Lipinski definition) is 4. The van der Waals surface area contributed by atoms with E-state index in [9.17, 15) is 4.79 Å². The second-order valence-electron chi connectivity index (χ2n) is 5.47. The van der Waals surface area contributed by atoms with Crippen LogP contribution < -0.4 is 0 Å². The number of carbonyl (C=O) groups excluding carboxylic acids is 1. The number of aromatic nitrogens is 3. The van der Waals surface area contributed by atoms with Crippen molar-refractivity contribution >= 4 is 5.97 Å². The fourth-order valence-electron chi connectivity index (χ4n) is 1.78. The van der Waals surface area contributed by atoms with Gasteiger partial charge in [-0.3, -0.25) is 0 Å². The first-order valence-electron chi connectivity index (χ1n) is 6.65. The fourth-order valence-corrected chi connectivity index (χ4v) is 1.78. The third-order valence-corrected chi connectivity index (χ3v) is 3.17. The lowest BCUT2D eigenvalue weighted by atomic mass is 10.2. The van der Waals surface area contributed by atoms with Gasteiger partial charge >= 0.3 is 5.97 Å². The lowest BCUT2D eigenvalue weighted by Crippen LogP contribution is -2.12. The topological polar surface area (TPSA) is 57.0 Å². The van der Waals surface area contributed by atoms with Gasteiger partial charge in [-0.2, -0.15) is 0 Å². The molecule has 0 amide bonds. The summed E-state index contributed by atoms with van der Waals surface area (Å²) in [6, 6.07) is 0. The van der Waals surface area contributed by atoms with E-state index in [4.69, 9.17) is 4.74 Å². The number of esters is 1. The molecule has 2 rings (SSSR count). The molecule has 0 aromatic carbocycles. The van der Waals surface area contributed by atoms with Crippen LogP contribution in [0.4, 0.5) is 0 Å². The normalized spacial score (nSPS) is 15.1. The molecule has 1 heterocycles. The maximum absolute atomic E-state index is 11.8. The Bertz CT molecular complexity index is 422. The van der Waals surface area contributed by atoms with E-state index < -0.39 is 0 Å². The van der Waals surface area contributed by atoms with E-state index >= 15 is 0 Å². The predicted octanol–water partition coefficient (Wildman–Crippen LogP) is 2.20. The summed E-state index contributed by atoms with van der Waals surface area (Å²) in [5, 5.41) is 7.96. The van der Waals surface area contributed by atoms with Crippen LogP contribution in [0.15, 0.2) is 0 Å². The van der Waals surface area contributed by atoms with Gasteiger partial charge in [0.2, 0.25) is 0 Å². The van der Waals surface area contributed by atoms with Crippen molar-refractivity contribution in [1.29, 1.82) is 0 Å². The van der Waals surface area contributed by atoms with Gasteiger partial charge in [-0.25, -0.2) is 9.48 Å². The average molecular weight is 251 g/mol. The van der Waals surface area contributed by atoms with Crippen LogP contribution >= 0.6 is 0 Å². The number of aryl methyl sites for hydroxylation is 1. The lowest BCUT2D eigenvalue weighted by molar-refractivity contribution is 0.0451. The van der Waals surface area contributed by atoms with Crippen LogP contribution in [0.25, 0.3) is 0 Å². The molecule has 1 aliphatic rings. The highest BCUT2D eigenvalue weighted by Gasteiger charge is 2.23. The Morgan fingerprint density at radius 3 is 2.83 bits per heavy atom. The van der Waals surface area contributed by atoms with E-state index in [0.29, 0.717) is 18.2 Å². The molecule has 18 heavy (non-hydrogen) atoms. The molecule has 1 fully saturated rings. The van der Waals surface area contributed by atoms with Gasteiger partial charge in [0.25, 0.3) is 0 Å². The van der Waals surface area contributed by atoms with Gasteiger partial charge in [0.1, 0.15) is 0 Å². The summed E-state index contributed by atoms with van der Waals surface area (Å²) in [5.41, 5.74) is 1.16. The first-order valence-corrected chi connectivity index (χ1v) is 6.65. The van der Waals surface area contributed by atoms with Crippen LogP contribution in [-0.4, -0.2) is 27.6 Å². The van der Waals surface area contributed by atoms with Crippen molar-refractivity contribution in [3.8, 4) is 0 Å². The molecule has 1 aliphatic carbocycles. The zero-order valence-electron chi connectivity index (χ0n) is 11.3. The summed E-state index contributed by atoms with van der Waals surface area (Å²) in [4.78, 5) is 11.8. The van der Waals surface area contributed by atoms with Crippen LogP contribution in [0, 0.1) is 18.8 Å². The molecule has 0 N–H and O–H groups in total. The lowest BCUT2D eigenvalue weighted by Gasteiger charge is -2.06. The Morgan fingerprint density at radius 2 is 2.22 bits per heavy atom. The molecule has 0 spiro atoms. The Labute approximate surface area is 108 Å². The second-order valence-corrected chi connectivity index (χ2v) is 5.47. The van der Waals surface area contributed by atoms with Gasteiger partial charge in [0.05, 0.1) is 12.3 Å². The Hall–Kier alpha value is -1.39. The average Bonchev–Trinajstić information content (AvgIpc) is 3.08. The first-order chi connectivity index (χ1) is 8.58. The van der Waals surface area contributed by atoms with Crippen molar-refractivity contribution < 1.29 is 9.53 Å². The second kappa shape index (κ2) is 5.50. The number of rotatable bonds is 6. The zero-order valence-corrected chi connectivity index (χ0v) is 11.3. The Morgan fingerprint density at radius 1 is 1.50 bits per heavy atom. The monoisotopic (exact) mass is 251 g/mol. The van der Waals surface area contributed by atoms with Crippen molar-refractivity contribution in [2.45, 2.75) is 46.6 Å². The summed E-state index contributed by atoms with van der Waals surface area (Å²) >= 11 is 0. The van der Waals surface area contributed by atoms with E-state index in [-0.39, 0.29) is 5.97 Å². The van der Waals surface area contributed by atoms with Crippen molar-refractivity contribution in [2.24, 2.45) is 11.8 Å². The highest BCUT2D eigenvalue weighted by Crippen LogP contribution is 2.32. The number of hydrogen-bond donors (Lipinski definition) is 0. The Balaban J connectivity index is 1.93. The molecule has 5 heteroatoms. The number of nitrogens with zero attached hydrogens (tertiary/aromatic N) is 3. The molecule has 0 aliphatic heterocycles. The predicted molar refractivity (Wildman–Crippen MR) is 67.2 cm³/mol. The van der Waals surface area contributed by atoms with Gasteiger partial charge in [-0.05, 0) is 25.2 Å². The highest BCUT2D eigenvalue weighted by molar-refractivity contribution is 5.88. The fraction of sp³-hybridized carbons (Fsp3) is 0.769. The van der Waals surface area contributed by atoms with Gasteiger partial charge in [0.15, 0.2) is 5.69 Å². The molecular formula is C13H21N3O2. The van der Waals surface area contributed by atoms with Crippen LogP contribution in [0.1, 0.15) is 49.3 Å². The van der Waals surface area contributed by atoms with Gasteiger partial charge in [0, 0.05) is 6.54 Å². The molecule has 0 radical (unpaired) electrons. The minimum atomic E-state index is -0.362. The maximum atomic E-state index is 11.8. The molecular weight excluding hydrogens is 230 g/mol. The third-order valence-electron chi connectivity index (χ3n) is 3.17. The minimum Gasteiger partial charge on any atom is -0.461 e. The maximum Gasteiger partial charge on any atom is 0.360 e. The van der Waals surface area contributed by atoms with Gasteiger partial charge in [-0.1, -0.05) is 31.9 Å². The quantitative estimate of drug-likeness (QED) is 0.727. The first kappa shape index (κ1) is 13.1. The van der Waals surface area contributed by atoms with Gasteiger partial charge < -0.3 is 4.74 Å². The SMILES string of the molecule is Cc1c(C(=O)OCC(C)C)nnn1CCC1CC1. The molecule has 1 saturated carbocycles. The van der Waals surface area contributed by atoms with E-state index in [1.165, 1.54) is 12.8 Å². The standard InChI is InChI=1S/C13H21N3O2/c1-9(2)8-18-13(17)12-10(3)16(15-14-12)7-6-11-4-5-11/h9,11H,4-8H2,1-3H3. The molecule has 1 aromatic heterocycles. The molecule has 0 bridgehead atoms. The minimum absolute atomic E-state index is 0.333. The summed E-state index contributed by atoms with van der Waals surface area (Å²) in [7, 11) is 0. The molecule has 5 nitrogen and oxygen atoms in total. The van der Waals surface area contributed by atoms with E-state index in [1.54, 1.807) is 0 Å². The zero-order chi connectivity index (χ0) is 13.1. The summed E-state index contributed by atoms with van der Waals surface area (Å²) in [6.45, 7) is 7.16. The van der Waals surface area contributed by atoms with Crippen molar-refractivity contribution in [3.63, 3.8) is 0 Å². The summed E-state index contributed by atoms with van der Waals surface area (Å²) < 4.78 is 6.98. The smallest absolute Gasteiger partial charge is 0.360 e. The molecule has 0 atom stereocenters. The third kappa shape index (κ3) is 3.31. The van der Waals surface area contributed by atoms with Crippen LogP contribution in [0.5, 0.6) is 0 Å². The van der Waals surface area contributed by atoms with E-state index in [2.05, 4.69) is 10.3 Å². The van der Waals surface area contributed by atoms with Gasteiger partial charge in [-0.15, -0.1) is 5.10 Å². The van der Waals surface area contributed by atoms with E-state index in [0.717, 1.165) is 24.6 Å². The molecule has 100 valence electrons. The van der Waals surface area contributed by atoms with Crippen LogP contribution in [0.2, 0.25) is 0 Å². The highest BCUT2D eigenvalue weighted by atomic mass is 16.5. The molecule has 1 aromatic rings. The largest absolute Gasteiger partial charge is 0.461 e.